The Hall–Kier alpha value is -3.61. The number of amides is 1. The summed E-state index contributed by atoms with van der Waals surface area (Å²) >= 11 is 0. The molecule has 0 spiro atoms. The maximum Gasteiger partial charge on any atom is 0.419 e. The number of oxazole rings is 1. The van der Waals surface area contributed by atoms with Gasteiger partial charge in [0.05, 0.1) is 24.8 Å². The summed E-state index contributed by atoms with van der Waals surface area (Å²) in [7, 11) is 0. The third kappa shape index (κ3) is 6.53. The maximum absolute atomic E-state index is 12.5. The van der Waals surface area contributed by atoms with Crippen molar-refractivity contribution in [3.8, 4) is 17.2 Å². The van der Waals surface area contributed by atoms with Crippen LogP contribution >= 0.6 is 0 Å². The lowest BCUT2D eigenvalue weighted by atomic mass is 10.0. The second-order valence-corrected chi connectivity index (χ2v) is 9.89. The van der Waals surface area contributed by atoms with E-state index in [9.17, 15) is 14.9 Å². The topological polar surface area (TPSA) is 110 Å². The quantitative estimate of drug-likeness (QED) is 0.537. The summed E-state index contributed by atoms with van der Waals surface area (Å²) in [6, 6.07) is 14.9. The molecule has 9 nitrogen and oxygen atoms in total. The Kier molecular flexibility index (Phi) is 7.77. The van der Waals surface area contributed by atoms with Gasteiger partial charge in [0.25, 0.3) is 0 Å². The van der Waals surface area contributed by atoms with Crippen LogP contribution in [-0.2, 0) is 22.4 Å². The number of alkyl carbamates (subject to hydrolysis) is 1. The van der Waals surface area contributed by atoms with Crippen LogP contribution in [0.3, 0.4) is 0 Å². The van der Waals surface area contributed by atoms with Gasteiger partial charge in [-0.05, 0) is 49.6 Å². The Morgan fingerprint density at radius 3 is 2.47 bits per heavy atom. The van der Waals surface area contributed by atoms with E-state index < -0.39 is 17.7 Å². The zero-order valence-corrected chi connectivity index (χ0v) is 21.0. The van der Waals surface area contributed by atoms with Crippen LogP contribution in [0.4, 0.5) is 4.79 Å². The van der Waals surface area contributed by atoms with Gasteiger partial charge in [0.2, 0.25) is 0 Å². The van der Waals surface area contributed by atoms with Crippen LogP contribution in [0, 0.1) is 11.3 Å². The molecule has 1 saturated heterocycles. The van der Waals surface area contributed by atoms with Crippen molar-refractivity contribution in [3.63, 3.8) is 0 Å². The molecule has 9 heteroatoms. The molecule has 190 valence electrons. The molecule has 3 aromatic rings. The van der Waals surface area contributed by atoms with Crippen LogP contribution in [0.15, 0.2) is 51.7 Å². The van der Waals surface area contributed by atoms with Gasteiger partial charge in [-0.25, -0.2) is 9.59 Å². The monoisotopic (exact) mass is 492 g/mol. The highest BCUT2D eigenvalue weighted by Crippen LogP contribution is 2.25. The smallest absolute Gasteiger partial charge is 0.419 e. The van der Waals surface area contributed by atoms with E-state index in [2.05, 4.69) is 16.3 Å². The molecule has 0 unspecified atom stereocenters. The van der Waals surface area contributed by atoms with Gasteiger partial charge in [-0.1, -0.05) is 30.3 Å². The van der Waals surface area contributed by atoms with Crippen molar-refractivity contribution < 1.29 is 18.7 Å². The van der Waals surface area contributed by atoms with Crippen LogP contribution < -0.4 is 11.1 Å². The van der Waals surface area contributed by atoms with E-state index in [-0.39, 0.29) is 5.76 Å². The van der Waals surface area contributed by atoms with Crippen molar-refractivity contribution in [2.75, 3.05) is 32.8 Å². The number of nitrogens with one attached hydrogen (secondary N) is 1. The van der Waals surface area contributed by atoms with Crippen LogP contribution in [0.1, 0.15) is 26.3 Å². The number of ether oxygens (including phenoxy) is 2. The van der Waals surface area contributed by atoms with Crippen molar-refractivity contribution in [1.82, 2.24) is 14.8 Å². The minimum Gasteiger partial charge on any atom is -0.444 e. The molecule has 1 aromatic heterocycles. The van der Waals surface area contributed by atoms with E-state index >= 15 is 0 Å². The van der Waals surface area contributed by atoms with Gasteiger partial charge in [-0.3, -0.25) is 9.47 Å². The van der Waals surface area contributed by atoms with Crippen molar-refractivity contribution >= 4 is 17.2 Å². The van der Waals surface area contributed by atoms with Gasteiger partial charge in [-0.15, -0.1) is 0 Å². The molecule has 2 heterocycles. The van der Waals surface area contributed by atoms with E-state index in [1.165, 1.54) is 0 Å². The Labute approximate surface area is 210 Å². The van der Waals surface area contributed by atoms with Gasteiger partial charge in [0.1, 0.15) is 11.6 Å². The highest BCUT2D eigenvalue weighted by molar-refractivity contribution is 5.80. The maximum atomic E-state index is 12.5. The van der Waals surface area contributed by atoms with Crippen LogP contribution in [-0.4, -0.2) is 60.1 Å². The van der Waals surface area contributed by atoms with Gasteiger partial charge in [-0.2, -0.15) is 5.26 Å². The lowest BCUT2D eigenvalue weighted by molar-refractivity contribution is 0.0363. The number of nitriles is 1. The Balaban J connectivity index is 1.45. The number of rotatable bonds is 7. The first-order valence-electron chi connectivity index (χ1n) is 12.1. The fourth-order valence-corrected chi connectivity index (χ4v) is 4.17. The average Bonchev–Trinajstić information content (AvgIpc) is 3.16. The molecule has 36 heavy (non-hydrogen) atoms. The average molecular weight is 493 g/mol. The highest BCUT2D eigenvalue weighted by atomic mass is 16.6. The fourth-order valence-electron chi connectivity index (χ4n) is 4.17. The van der Waals surface area contributed by atoms with E-state index in [4.69, 9.17) is 13.9 Å². The molecule has 2 aromatic carbocycles. The normalized spacial score (nSPS) is 15.4. The van der Waals surface area contributed by atoms with Crippen molar-refractivity contribution in [2.45, 2.75) is 45.4 Å². The van der Waals surface area contributed by atoms with Crippen LogP contribution in [0.25, 0.3) is 22.2 Å². The summed E-state index contributed by atoms with van der Waals surface area (Å²) in [6.07, 6.45) is -0.253. The van der Waals surface area contributed by atoms with E-state index in [1.54, 1.807) is 25.3 Å². The Morgan fingerprint density at radius 1 is 1.11 bits per heavy atom. The molecule has 1 aliphatic heterocycles. The number of fused-ring (bicyclic) bond motifs is 1. The summed E-state index contributed by atoms with van der Waals surface area (Å²) < 4.78 is 17.8. The first-order valence-corrected chi connectivity index (χ1v) is 12.1. The molecule has 0 radical (unpaired) electrons. The lowest BCUT2D eigenvalue weighted by Crippen LogP contribution is -2.39. The molecule has 0 saturated carbocycles. The number of morpholine rings is 1. The second-order valence-electron chi connectivity index (χ2n) is 9.89. The Morgan fingerprint density at radius 2 is 1.81 bits per heavy atom. The Bertz CT molecular complexity index is 1290. The third-order valence-electron chi connectivity index (χ3n) is 5.98. The largest absolute Gasteiger partial charge is 0.444 e. The van der Waals surface area contributed by atoms with Gasteiger partial charge < -0.3 is 19.2 Å². The van der Waals surface area contributed by atoms with Crippen LogP contribution in [0.2, 0.25) is 0 Å². The molecule has 1 fully saturated rings. The minimum absolute atomic E-state index is 0.356. The standard InChI is InChI=1S/C27H32N4O5/c1-27(2,3)36-25(32)29-22(18-28)16-19-4-6-20(7-5-19)21-8-9-24-23(17-21)31(26(33)35-24)11-10-30-12-14-34-15-13-30/h4-9,17,22H,10-16H2,1-3H3,(H,29,32)/t22-/m0/s1. The summed E-state index contributed by atoms with van der Waals surface area (Å²) in [6.45, 7) is 9.79. The van der Waals surface area contributed by atoms with Crippen molar-refractivity contribution in [2.24, 2.45) is 0 Å². The first-order chi connectivity index (χ1) is 17.2. The SMILES string of the molecule is CC(C)(C)OC(=O)N[C@H](C#N)Cc1ccc(-c2ccc3oc(=O)n(CCN4CCOCC4)c3c2)cc1. The zero-order valence-electron chi connectivity index (χ0n) is 21.0. The van der Waals surface area contributed by atoms with E-state index in [1.807, 2.05) is 42.5 Å². The third-order valence-corrected chi connectivity index (χ3v) is 5.98. The summed E-state index contributed by atoms with van der Waals surface area (Å²) in [4.78, 5) is 26.8. The number of carbonyl (C=O) groups excluding carboxylic acids is 1. The van der Waals surface area contributed by atoms with E-state index in [0.717, 1.165) is 41.8 Å². The molecule has 0 aliphatic carbocycles. The van der Waals surface area contributed by atoms with Gasteiger partial charge in [0.15, 0.2) is 5.58 Å². The summed E-state index contributed by atoms with van der Waals surface area (Å²) in [5, 5.41) is 12.1. The molecule has 1 aliphatic rings. The number of hydrogen-bond acceptors (Lipinski definition) is 7. The zero-order chi connectivity index (χ0) is 25.7. The van der Waals surface area contributed by atoms with Crippen molar-refractivity contribution in [1.29, 1.82) is 5.26 Å². The molecule has 0 bridgehead atoms. The first kappa shape index (κ1) is 25.5. The van der Waals surface area contributed by atoms with E-state index in [0.29, 0.717) is 31.8 Å². The number of nitrogens with zero attached hydrogens (tertiary/aromatic N) is 3. The second kappa shape index (κ2) is 11.0. The number of hydrogen-bond donors (Lipinski definition) is 1. The predicted molar refractivity (Wildman–Crippen MR) is 136 cm³/mol. The van der Waals surface area contributed by atoms with Gasteiger partial charge in [0, 0.05) is 32.6 Å². The molecule has 1 amide bonds. The molecular formula is C27H32N4O5. The summed E-state index contributed by atoms with van der Waals surface area (Å²) in [5.74, 6) is -0.356. The number of aromatic nitrogens is 1. The van der Waals surface area contributed by atoms with Gasteiger partial charge >= 0.3 is 11.8 Å². The number of carbonyl (C=O) groups is 1. The molecule has 1 N–H and O–H groups in total. The van der Waals surface area contributed by atoms with Crippen molar-refractivity contribution in [3.05, 3.63) is 58.6 Å². The molecular weight excluding hydrogens is 460 g/mol. The molecule has 4 rings (SSSR count). The minimum atomic E-state index is -0.700. The highest BCUT2D eigenvalue weighted by Gasteiger charge is 2.20. The lowest BCUT2D eigenvalue weighted by Gasteiger charge is -2.26. The molecule has 1 atom stereocenters. The number of benzene rings is 2. The van der Waals surface area contributed by atoms with Crippen LogP contribution in [0.5, 0.6) is 0 Å². The fraction of sp³-hybridized carbons (Fsp3) is 0.444. The summed E-state index contributed by atoms with van der Waals surface area (Å²) in [5.41, 5.74) is 3.54. The predicted octanol–water partition coefficient (Wildman–Crippen LogP) is 3.55.